The average molecular weight is 909 g/mol. The van der Waals surface area contributed by atoms with Crippen LogP contribution in [0.1, 0.15) is 78.3 Å². The molecule has 0 aromatic carbocycles. The zero-order chi connectivity index (χ0) is 37.6. The number of halogens is 8. The molecule has 0 saturated heterocycles. The summed E-state index contributed by atoms with van der Waals surface area (Å²) >= 11 is 53.5. The van der Waals surface area contributed by atoms with Crippen molar-refractivity contribution in [2.75, 3.05) is 13.7 Å². The van der Waals surface area contributed by atoms with Crippen molar-refractivity contribution in [2.24, 2.45) is 16.2 Å². The van der Waals surface area contributed by atoms with Crippen LogP contribution < -0.4 is 0 Å². The number of hydrogen-bond acceptors (Lipinski definition) is 7. The van der Waals surface area contributed by atoms with Crippen LogP contribution in [0.25, 0.3) is 0 Å². The fourth-order valence-corrected chi connectivity index (χ4v) is 13.1. The normalized spacial score (nSPS) is 24.1. The Morgan fingerprint density at radius 2 is 1.61 bits per heavy atom. The maximum atomic E-state index is 13.3. The molecule has 10 unspecified atom stereocenters. The van der Waals surface area contributed by atoms with Crippen LogP contribution in [0.5, 0.6) is 0 Å². The Hall–Kier alpha value is 0.860. The van der Waals surface area contributed by atoms with Gasteiger partial charge in [-0.25, -0.2) is 13.2 Å². The number of sulfone groups is 1. The predicted octanol–water partition coefficient (Wildman–Crippen LogP) is 9.91. The molecule has 1 aliphatic heterocycles. The molecule has 0 aliphatic carbocycles. The summed E-state index contributed by atoms with van der Waals surface area (Å²) in [6.45, 7) is 8.86. The first kappa shape index (κ1) is 46.0. The maximum absolute atomic E-state index is 13.3. The van der Waals surface area contributed by atoms with Gasteiger partial charge < -0.3 is 9.64 Å². The van der Waals surface area contributed by atoms with Gasteiger partial charge in [0.05, 0.1) is 39.9 Å². The number of rotatable bonds is 18. The molecule has 0 N–H and O–H groups in total. The molecule has 1 amide bonds. The Kier molecular flexibility index (Phi) is 18.8. The molecule has 1 aromatic rings. The molecule has 1 aromatic heterocycles. The maximum Gasteiger partial charge on any atom is 0.409 e. The molecule has 0 saturated carbocycles. The summed E-state index contributed by atoms with van der Waals surface area (Å²) < 4.78 is 61.2. The highest BCUT2D eigenvalue weighted by Gasteiger charge is 2.43. The summed E-state index contributed by atoms with van der Waals surface area (Å²) in [7, 11) is -6.87. The lowest BCUT2D eigenvalue weighted by Crippen LogP contribution is -2.42. The van der Waals surface area contributed by atoms with Crippen LogP contribution in [-0.4, -0.2) is 96.0 Å². The molecule has 0 radical (unpaired) electrons. The number of nitrogens with zero attached hydrogens (tertiary/aromatic N) is 2. The summed E-state index contributed by atoms with van der Waals surface area (Å²) in [5.74, 6) is -0.674. The summed E-state index contributed by atoms with van der Waals surface area (Å²) in [6.07, 6.45) is 1.78. The lowest BCUT2D eigenvalue weighted by Gasteiger charge is -2.38. The first-order valence-corrected chi connectivity index (χ1v) is 23.0. The monoisotopic (exact) mass is 904 g/mol. The van der Waals surface area contributed by atoms with Crippen molar-refractivity contribution in [1.29, 1.82) is 0 Å². The Morgan fingerprint density at radius 1 is 1.00 bits per heavy atom. The van der Waals surface area contributed by atoms with Gasteiger partial charge in [-0.1, -0.05) is 0 Å². The van der Waals surface area contributed by atoms with Crippen molar-refractivity contribution in [1.82, 2.24) is 4.90 Å². The van der Waals surface area contributed by atoms with E-state index in [0.717, 1.165) is 0 Å². The summed E-state index contributed by atoms with van der Waals surface area (Å²) in [5, 5.41) is -4.67. The van der Waals surface area contributed by atoms with Gasteiger partial charge >= 0.3 is 6.09 Å². The second kappa shape index (κ2) is 20.0. The van der Waals surface area contributed by atoms with Crippen LogP contribution in [0.15, 0.2) is 18.9 Å². The molecule has 2 heterocycles. The van der Waals surface area contributed by atoms with Gasteiger partial charge in [0.2, 0.25) is 0 Å². The largest absolute Gasteiger partial charge is 0.453 e. The van der Waals surface area contributed by atoms with Crippen molar-refractivity contribution in [2.45, 2.75) is 129 Å². The molecule has 1 aliphatic rings. The quantitative estimate of drug-likeness (QED) is 0.107. The van der Waals surface area contributed by atoms with E-state index in [1.165, 1.54) is 31.2 Å². The van der Waals surface area contributed by atoms with Gasteiger partial charge in [-0.15, -0.1) is 104 Å². The van der Waals surface area contributed by atoms with E-state index in [1.807, 2.05) is 6.92 Å². The second-order valence-corrected chi connectivity index (χ2v) is 22.5. The third kappa shape index (κ3) is 11.9. The van der Waals surface area contributed by atoms with Gasteiger partial charge in [0, 0.05) is 39.8 Å². The van der Waals surface area contributed by atoms with E-state index >= 15 is 0 Å². The fraction of sp³-hybridized carbons (Fsp3) is 0.800. The van der Waals surface area contributed by atoms with Crippen LogP contribution in [0.3, 0.4) is 0 Å². The molecule has 284 valence electrons. The Morgan fingerprint density at radius 3 is 2.12 bits per heavy atom. The minimum atomic E-state index is -4.28. The van der Waals surface area contributed by atoms with E-state index in [-0.39, 0.29) is 57.0 Å². The van der Waals surface area contributed by atoms with Crippen molar-refractivity contribution in [3.63, 3.8) is 0 Å². The van der Waals surface area contributed by atoms with Crippen LogP contribution in [0, 0.1) is 11.8 Å². The van der Waals surface area contributed by atoms with Gasteiger partial charge in [0.15, 0.2) is 9.84 Å². The second-order valence-electron chi connectivity index (χ2n) is 12.3. The number of fused-ring (bicyclic) bond motifs is 1. The molecule has 12 atom stereocenters. The average Bonchev–Trinajstić information content (AvgIpc) is 3.49. The number of amides is 1. The number of sulfonamides is 1. The highest BCUT2D eigenvalue weighted by Crippen LogP contribution is 2.46. The van der Waals surface area contributed by atoms with Gasteiger partial charge in [0.25, 0.3) is 10.0 Å². The molecule has 49 heavy (non-hydrogen) atoms. The van der Waals surface area contributed by atoms with Crippen LogP contribution >= 0.6 is 104 Å². The van der Waals surface area contributed by atoms with E-state index < -0.39 is 74.9 Å². The van der Waals surface area contributed by atoms with Crippen molar-refractivity contribution in [3.8, 4) is 0 Å². The Balaban J connectivity index is 2.24. The zero-order valence-corrected chi connectivity index (χ0v) is 36.4. The number of carbonyl (C=O) groups is 1. The van der Waals surface area contributed by atoms with Crippen LogP contribution in [-0.2, 0) is 24.6 Å². The third-order valence-electron chi connectivity index (χ3n) is 8.70. The van der Waals surface area contributed by atoms with Gasteiger partial charge in [-0.3, -0.25) is 0 Å². The fourth-order valence-electron chi connectivity index (χ4n) is 5.87. The smallest absolute Gasteiger partial charge is 0.409 e. The van der Waals surface area contributed by atoms with Crippen LogP contribution in [0.4, 0.5) is 4.79 Å². The number of carbonyl (C=O) groups excluding carboxylic acids is 1. The first-order chi connectivity index (χ1) is 22.6. The lowest BCUT2D eigenvalue weighted by atomic mass is 9.78. The van der Waals surface area contributed by atoms with Gasteiger partial charge in [0.1, 0.15) is 8.42 Å². The summed E-state index contributed by atoms with van der Waals surface area (Å²) in [5.41, 5.74) is 0.232. The number of thiophene rings is 1. The highest BCUT2D eigenvalue weighted by atomic mass is 35.5. The minimum absolute atomic E-state index is 0.0963. The van der Waals surface area contributed by atoms with Crippen molar-refractivity contribution < 1.29 is 26.4 Å². The number of hydrogen-bond donors (Lipinski definition) is 0. The van der Waals surface area contributed by atoms with Crippen molar-refractivity contribution >= 4 is 136 Å². The van der Waals surface area contributed by atoms with E-state index in [1.54, 1.807) is 20.8 Å². The first-order valence-electron chi connectivity index (χ1n) is 15.8. The molecule has 8 nitrogen and oxygen atoms in total. The number of alkyl halides is 8. The molecule has 0 fully saturated rings. The van der Waals surface area contributed by atoms with Gasteiger partial charge in [-0.05, 0) is 84.6 Å². The molecule has 0 bridgehead atoms. The van der Waals surface area contributed by atoms with E-state index in [4.69, 9.17) is 97.5 Å². The zero-order valence-electron chi connectivity index (χ0n) is 27.9. The Bertz CT molecular complexity index is 1480. The third-order valence-corrected chi connectivity index (χ3v) is 18.3. The number of methoxy groups -OCH3 is 1. The molecule has 2 rings (SSSR count). The van der Waals surface area contributed by atoms with Crippen molar-refractivity contribution in [3.05, 3.63) is 11.6 Å². The summed E-state index contributed by atoms with van der Waals surface area (Å²) in [4.78, 5) is 13.8. The minimum Gasteiger partial charge on any atom is -0.453 e. The molecular formula is C30H44Cl8N2O6S3. The molecule has 19 heteroatoms. The van der Waals surface area contributed by atoms with Gasteiger partial charge in [-0.2, -0.15) is 12.8 Å². The van der Waals surface area contributed by atoms with Crippen LogP contribution in [0.2, 0.25) is 0 Å². The SMILES string of the molecule is CCN(C(=O)OC)[C@H]1C[C@H](C)S(=O)(=O)c2sc(S(=O)(=O)/N=C/CCC(Cl)C(Cl)CC(C(Cl)CC(Cl)C(C)Cl)C(C(C)Cl)C(Cl)C(C)Cl)cc21. The Labute approximate surface area is 335 Å². The summed E-state index contributed by atoms with van der Waals surface area (Å²) in [6, 6.07) is 0.603. The lowest BCUT2D eigenvalue weighted by molar-refractivity contribution is 0.104. The highest BCUT2D eigenvalue weighted by molar-refractivity contribution is 7.96. The van der Waals surface area contributed by atoms with E-state index in [2.05, 4.69) is 4.40 Å². The topological polar surface area (TPSA) is 110 Å². The van der Waals surface area contributed by atoms with E-state index in [9.17, 15) is 21.6 Å². The number of ether oxygens (including phenoxy) is 1. The molecular weight excluding hydrogens is 864 g/mol. The standard InChI is InChI=1S/C30H44Cl8N2O6S3/c1-7-40(30(41)46-6)25-11-15(2)48(42,43)29-20(25)13-26(47-29)49(44,45)39-10-8-9-21(34)24(37)12-19(23(36)14-22(35)16(3)31)27(17(4)32)28(38)18(5)33/h10,13,15-19,21-25,27-28H,7-9,11-12,14H2,1-6H3/b39-10+/t15-,16?,17?,18?,19?,21?,22?,23?,24?,25-,27?,28?/m0/s1. The van der Waals surface area contributed by atoms with E-state index in [0.29, 0.717) is 24.2 Å². The molecule has 0 spiro atoms. The predicted molar refractivity (Wildman–Crippen MR) is 208 cm³/mol.